The van der Waals surface area contributed by atoms with Crippen molar-refractivity contribution in [2.24, 2.45) is 0 Å². The number of aryl methyl sites for hydroxylation is 1. The predicted molar refractivity (Wildman–Crippen MR) is 107 cm³/mol. The highest BCUT2D eigenvalue weighted by molar-refractivity contribution is 7.89. The number of rotatable bonds is 4. The second-order valence-corrected chi connectivity index (χ2v) is 8.97. The van der Waals surface area contributed by atoms with E-state index in [1.165, 1.54) is 22.5 Å². The topological polar surface area (TPSA) is 113 Å². The molecule has 152 valence electrons. The quantitative estimate of drug-likeness (QED) is 0.602. The Balaban J connectivity index is 1.46. The molecule has 0 bridgehead atoms. The third kappa shape index (κ3) is 3.81. The molecule has 0 saturated carbocycles. The Morgan fingerprint density at radius 3 is 2.31 bits per heavy atom. The molecule has 0 radical (unpaired) electrons. The van der Waals surface area contributed by atoms with Crippen molar-refractivity contribution in [1.29, 1.82) is 0 Å². The number of carbonyl (C=O) groups is 1. The van der Waals surface area contributed by atoms with E-state index in [1.54, 1.807) is 24.3 Å². The molecule has 4 rings (SSSR count). The second kappa shape index (κ2) is 7.45. The van der Waals surface area contributed by atoms with Crippen LogP contribution in [0.2, 0.25) is 0 Å². The lowest BCUT2D eigenvalue weighted by atomic mass is 10.0. The van der Waals surface area contributed by atoms with Crippen molar-refractivity contribution in [2.45, 2.75) is 17.7 Å². The Hall–Kier alpha value is -2.98. The minimum Gasteiger partial charge on any atom is -0.369 e. The number of benzene rings is 2. The predicted octanol–water partition coefficient (Wildman–Crippen LogP) is 1.99. The zero-order chi connectivity index (χ0) is 20.6. The molecule has 9 nitrogen and oxygen atoms in total. The third-order valence-corrected chi connectivity index (χ3v) is 7.17. The van der Waals surface area contributed by atoms with Gasteiger partial charge in [0.1, 0.15) is 0 Å². The minimum absolute atomic E-state index is 0.0264. The van der Waals surface area contributed by atoms with Gasteiger partial charge in [0.05, 0.1) is 9.82 Å². The summed E-state index contributed by atoms with van der Waals surface area (Å²) < 4.78 is 27.5. The highest BCUT2D eigenvalue weighted by atomic mass is 32.2. The maximum atomic E-state index is 13.0. The van der Waals surface area contributed by atoms with Gasteiger partial charge >= 0.3 is 0 Å². The average molecular weight is 416 g/mol. The number of nitro benzene ring substituents is 1. The summed E-state index contributed by atoms with van der Waals surface area (Å²) in [6, 6.07) is 11.1. The molecule has 0 spiro atoms. The van der Waals surface area contributed by atoms with Crippen LogP contribution in [0, 0.1) is 10.1 Å². The molecule has 0 aromatic heterocycles. The number of nitro groups is 1. The van der Waals surface area contributed by atoms with Gasteiger partial charge in [0, 0.05) is 56.1 Å². The molecule has 29 heavy (non-hydrogen) atoms. The number of nitrogens with one attached hydrogen (secondary N) is 1. The summed E-state index contributed by atoms with van der Waals surface area (Å²) in [6.07, 6.45) is 0.878. The van der Waals surface area contributed by atoms with E-state index in [4.69, 9.17) is 0 Å². The fourth-order valence-corrected chi connectivity index (χ4v) is 5.11. The first-order chi connectivity index (χ1) is 13.8. The van der Waals surface area contributed by atoms with E-state index in [2.05, 4.69) is 5.32 Å². The number of hydrogen-bond acceptors (Lipinski definition) is 6. The molecule has 1 fully saturated rings. The summed E-state index contributed by atoms with van der Waals surface area (Å²) in [7, 11) is -3.63. The lowest BCUT2D eigenvalue weighted by molar-refractivity contribution is -0.384. The Morgan fingerprint density at radius 1 is 0.966 bits per heavy atom. The highest BCUT2D eigenvalue weighted by Crippen LogP contribution is 2.28. The van der Waals surface area contributed by atoms with Gasteiger partial charge in [-0.25, -0.2) is 8.42 Å². The summed E-state index contributed by atoms with van der Waals surface area (Å²) in [6.45, 7) is 1.65. The third-order valence-electron chi connectivity index (χ3n) is 5.27. The standard InChI is InChI=1S/C19H20N4O5S/c24-19-8-1-14-13-17(6-7-18(14)20-19)29(27,28)22-11-9-21(10-12-22)15-2-4-16(5-3-15)23(25)26/h2-7,13H,1,8-12H2,(H,20,24). The van der Waals surface area contributed by atoms with Gasteiger partial charge in [0.25, 0.3) is 5.69 Å². The monoisotopic (exact) mass is 416 g/mol. The van der Waals surface area contributed by atoms with E-state index in [9.17, 15) is 23.3 Å². The number of carbonyl (C=O) groups excluding carboxylic acids is 1. The van der Waals surface area contributed by atoms with Crippen LogP contribution in [0.3, 0.4) is 0 Å². The van der Waals surface area contributed by atoms with Gasteiger partial charge in [0.15, 0.2) is 0 Å². The van der Waals surface area contributed by atoms with Gasteiger partial charge in [-0.2, -0.15) is 4.31 Å². The van der Waals surface area contributed by atoms with Crippen LogP contribution in [0.5, 0.6) is 0 Å². The van der Waals surface area contributed by atoms with Crippen molar-refractivity contribution >= 4 is 33.0 Å². The molecule has 0 atom stereocenters. The van der Waals surface area contributed by atoms with Gasteiger partial charge in [-0.15, -0.1) is 0 Å². The molecule has 2 heterocycles. The molecule has 2 aromatic rings. The summed E-state index contributed by atoms with van der Waals surface area (Å²) >= 11 is 0. The number of anilines is 2. The molecule has 0 unspecified atom stereocenters. The van der Waals surface area contributed by atoms with Crippen LogP contribution in [-0.2, 0) is 21.2 Å². The molecule has 1 amide bonds. The van der Waals surface area contributed by atoms with Gasteiger partial charge in [-0.05, 0) is 42.3 Å². The Kier molecular flexibility index (Phi) is 4.97. The summed E-state index contributed by atoms with van der Waals surface area (Å²) in [4.78, 5) is 24.1. The summed E-state index contributed by atoms with van der Waals surface area (Å²) in [5.41, 5.74) is 2.36. The molecule has 2 aromatic carbocycles. The largest absolute Gasteiger partial charge is 0.369 e. The fourth-order valence-electron chi connectivity index (χ4n) is 3.64. The van der Waals surface area contributed by atoms with E-state index in [1.807, 2.05) is 4.90 Å². The number of fused-ring (bicyclic) bond motifs is 1. The van der Waals surface area contributed by atoms with E-state index in [0.717, 1.165) is 11.3 Å². The van der Waals surface area contributed by atoms with Gasteiger partial charge in [-0.1, -0.05) is 0 Å². The molecule has 2 aliphatic rings. The Labute approximate surface area is 168 Å². The van der Waals surface area contributed by atoms with E-state index in [0.29, 0.717) is 44.7 Å². The molecule has 1 saturated heterocycles. The lowest BCUT2D eigenvalue weighted by Crippen LogP contribution is -2.48. The molecule has 10 heteroatoms. The van der Waals surface area contributed by atoms with Crippen LogP contribution in [-0.4, -0.2) is 49.7 Å². The molecular formula is C19H20N4O5S. The van der Waals surface area contributed by atoms with Gasteiger partial charge < -0.3 is 10.2 Å². The second-order valence-electron chi connectivity index (χ2n) is 7.03. The van der Waals surface area contributed by atoms with Crippen LogP contribution >= 0.6 is 0 Å². The van der Waals surface area contributed by atoms with Crippen molar-refractivity contribution in [2.75, 3.05) is 36.4 Å². The maximum Gasteiger partial charge on any atom is 0.269 e. The molecular weight excluding hydrogens is 396 g/mol. The smallest absolute Gasteiger partial charge is 0.269 e. The number of nitrogens with zero attached hydrogens (tertiary/aromatic N) is 3. The number of piperazine rings is 1. The molecule has 0 aliphatic carbocycles. The van der Waals surface area contributed by atoms with Gasteiger partial charge in [-0.3, -0.25) is 14.9 Å². The van der Waals surface area contributed by atoms with Crippen LogP contribution in [0.15, 0.2) is 47.4 Å². The van der Waals surface area contributed by atoms with Crippen molar-refractivity contribution in [1.82, 2.24) is 4.31 Å². The average Bonchev–Trinajstić information content (AvgIpc) is 2.73. The number of hydrogen-bond donors (Lipinski definition) is 1. The molecule has 2 aliphatic heterocycles. The van der Waals surface area contributed by atoms with E-state index >= 15 is 0 Å². The van der Waals surface area contributed by atoms with Gasteiger partial charge in [0.2, 0.25) is 15.9 Å². The Bertz CT molecular complexity index is 1060. The maximum absolute atomic E-state index is 13.0. The van der Waals surface area contributed by atoms with Crippen molar-refractivity contribution in [3.63, 3.8) is 0 Å². The first-order valence-corrected chi connectivity index (χ1v) is 10.7. The first-order valence-electron chi connectivity index (χ1n) is 9.27. The van der Waals surface area contributed by atoms with Crippen LogP contribution in [0.1, 0.15) is 12.0 Å². The fraction of sp³-hybridized carbons (Fsp3) is 0.316. The normalized spacial score (nSPS) is 17.5. The SMILES string of the molecule is O=C1CCc2cc(S(=O)(=O)N3CCN(c4ccc([N+](=O)[O-])cc4)CC3)ccc2N1. The molecule has 1 N–H and O–H groups in total. The zero-order valence-electron chi connectivity index (χ0n) is 15.6. The summed E-state index contributed by atoms with van der Waals surface area (Å²) in [5.74, 6) is -0.0597. The minimum atomic E-state index is -3.63. The first kappa shape index (κ1) is 19.3. The number of non-ortho nitro benzene ring substituents is 1. The van der Waals surface area contributed by atoms with Crippen molar-refractivity contribution in [3.05, 3.63) is 58.1 Å². The van der Waals surface area contributed by atoms with Crippen LogP contribution < -0.4 is 10.2 Å². The lowest BCUT2D eigenvalue weighted by Gasteiger charge is -2.35. The highest BCUT2D eigenvalue weighted by Gasteiger charge is 2.29. The number of amides is 1. The Morgan fingerprint density at radius 2 is 1.66 bits per heavy atom. The zero-order valence-corrected chi connectivity index (χ0v) is 16.4. The van der Waals surface area contributed by atoms with Crippen LogP contribution in [0.25, 0.3) is 0 Å². The number of sulfonamides is 1. The van der Waals surface area contributed by atoms with E-state index in [-0.39, 0.29) is 16.5 Å². The van der Waals surface area contributed by atoms with Crippen LogP contribution in [0.4, 0.5) is 17.1 Å². The van der Waals surface area contributed by atoms with Crippen molar-refractivity contribution < 1.29 is 18.1 Å². The van der Waals surface area contributed by atoms with E-state index < -0.39 is 14.9 Å². The summed E-state index contributed by atoms with van der Waals surface area (Å²) in [5, 5.41) is 13.5. The van der Waals surface area contributed by atoms with Crippen molar-refractivity contribution in [3.8, 4) is 0 Å².